The van der Waals surface area contributed by atoms with Crippen LogP contribution in [0.15, 0.2) is 53.4 Å². The molecule has 0 spiro atoms. The molecule has 0 bridgehead atoms. The summed E-state index contributed by atoms with van der Waals surface area (Å²) in [6.45, 7) is 4.78. The second kappa shape index (κ2) is 7.64. The zero-order chi connectivity index (χ0) is 17.9. The molecule has 0 aromatic heterocycles. The lowest BCUT2D eigenvalue weighted by Gasteiger charge is -2.35. The number of ether oxygens (including phenoxy) is 1. The third-order valence-corrected chi connectivity index (χ3v) is 6.32. The quantitative estimate of drug-likeness (QED) is 0.799. The molecule has 1 fully saturated rings. The van der Waals surface area contributed by atoms with E-state index in [4.69, 9.17) is 16.3 Å². The second-order valence-electron chi connectivity index (χ2n) is 5.78. The number of benzene rings is 2. The van der Waals surface area contributed by atoms with Crippen molar-refractivity contribution in [2.75, 3.05) is 37.7 Å². The number of nitrogens with zero attached hydrogens (tertiary/aromatic N) is 2. The van der Waals surface area contributed by atoms with Crippen LogP contribution in [0, 0.1) is 0 Å². The number of hydrogen-bond donors (Lipinski definition) is 0. The summed E-state index contributed by atoms with van der Waals surface area (Å²) in [6.07, 6.45) is 0. The predicted molar refractivity (Wildman–Crippen MR) is 100 cm³/mol. The second-order valence-corrected chi connectivity index (χ2v) is 8.15. The summed E-state index contributed by atoms with van der Waals surface area (Å²) >= 11 is 5.93. The summed E-state index contributed by atoms with van der Waals surface area (Å²) in [4.78, 5) is 2.43. The average Bonchev–Trinajstić information content (AvgIpc) is 2.63. The minimum atomic E-state index is -3.50. The van der Waals surface area contributed by atoms with Gasteiger partial charge in [0.25, 0.3) is 0 Å². The number of sulfonamides is 1. The lowest BCUT2D eigenvalue weighted by molar-refractivity contribution is 0.340. The van der Waals surface area contributed by atoms with E-state index in [1.807, 2.05) is 31.2 Å². The normalized spacial score (nSPS) is 16.0. The van der Waals surface area contributed by atoms with Crippen molar-refractivity contribution in [1.82, 2.24) is 4.31 Å². The Morgan fingerprint density at radius 1 is 1.04 bits per heavy atom. The third-order valence-electron chi connectivity index (χ3n) is 4.19. The molecule has 0 amide bonds. The Labute approximate surface area is 153 Å². The van der Waals surface area contributed by atoms with Gasteiger partial charge in [-0.2, -0.15) is 4.31 Å². The first kappa shape index (κ1) is 18.0. The maximum absolute atomic E-state index is 12.7. The summed E-state index contributed by atoms with van der Waals surface area (Å²) in [7, 11) is -3.50. The van der Waals surface area contributed by atoms with E-state index in [0.29, 0.717) is 37.8 Å². The summed E-state index contributed by atoms with van der Waals surface area (Å²) in [5.74, 6) is 0.841. The van der Waals surface area contributed by atoms with Gasteiger partial charge < -0.3 is 9.64 Å². The van der Waals surface area contributed by atoms with Crippen LogP contribution in [0.25, 0.3) is 0 Å². The van der Waals surface area contributed by atoms with Gasteiger partial charge in [-0.05, 0) is 49.4 Å². The van der Waals surface area contributed by atoms with E-state index in [1.54, 1.807) is 18.2 Å². The molecule has 7 heteroatoms. The molecule has 3 rings (SSSR count). The molecule has 0 saturated carbocycles. The summed E-state index contributed by atoms with van der Waals surface area (Å²) in [6, 6.07) is 14.3. The zero-order valence-corrected chi connectivity index (χ0v) is 15.6. The minimum absolute atomic E-state index is 0.245. The van der Waals surface area contributed by atoms with Crippen molar-refractivity contribution in [2.24, 2.45) is 0 Å². The smallest absolute Gasteiger partial charge is 0.243 e. The fraction of sp³-hybridized carbons (Fsp3) is 0.333. The van der Waals surface area contributed by atoms with Crippen molar-refractivity contribution in [2.45, 2.75) is 11.8 Å². The van der Waals surface area contributed by atoms with Crippen molar-refractivity contribution in [3.05, 3.63) is 53.6 Å². The largest absolute Gasteiger partial charge is 0.494 e. The predicted octanol–water partition coefficient (Wildman–Crippen LogP) is 3.25. The van der Waals surface area contributed by atoms with Gasteiger partial charge in [0.2, 0.25) is 10.0 Å². The molecular weight excluding hydrogens is 360 g/mol. The molecule has 1 aliphatic rings. The molecule has 2 aromatic carbocycles. The van der Waals surface area contributed by atoms with E-state index >= 15 is 0 Å². The lowest BCUT2D eigenvalue weighted by Crippen LogP contribution is -2.48. The van der Waals surface area contributed by atoms with Gasteiger partial charge in [-0.15, -0.1) is 0 Å². The molecule has 0 radical (unpaired) electrons. The van der Waals surface area contributed by atoms with E-state index < -0.39 is 10.0 Å². The van der Waals surface area contributed by atoms with Crippen LogP contribution in [0.1, 0.15) is 6.92 Å². The maximum atomic E-state index is 12.7. The topological polar surface area (TPSA) is 49.9 Å². The highest BCUT2D eigenvalue weighted by Crippen LogP contribution is 2.24. The molecule has 1 heterocycles. The van der Waals surface area contributed by atoms with Gasteiger partial charge in [0, 0.05) is 36.9 Å². The van der Waals surface area contributed by atoms with Gasteiger partial charge in [0.15, 0.2) is 0 Å². The highest BCUT2D eigenvalue weighted by atomic mass is 35.5. The van der Waals surface area contributed by atoms with Crippen LogP contribution in [0.2, 0.25) is 5.02 Å². The Kier molecular flexibility index (Phi) is 5.51. The molecule has 0 atom stereocenters. The highest BCUT2D eigenvalue weighted by molar-refractivity contribution is 7.89. The highest BCUT2D eigenvalue weighted by Gasteiger charge is 2.28. The molecule has 25 heavy (non-hydrogen) atoms. The van der Waals surface area contributed by atoms with Crippen molar-refractivity contribution in [3.8, 4) is 5.75 Å². The van der Waals surface area contributed by atoms with E-state index in [-0.39, 0.29) is 4.90 Å². The number of rotatable bonds is 5. The lowest BCUT2D eigenvalue weighted by atomic mass is 10.2. The van der Waals surface area contributed by atoms with Crippen LogP contribution in [0.4, 0.5) is 5.69 Å². The van der Waals surface area contributed by atoms with Gasteiger partial charge in [-0.1, -0.05) is 17.7 Å². The minimum Gasteiger partial charge on any atom is -0.494 e. The maximum Gasteiger partial charge on any atom is 0.243 e. The van der Waals surface area contributed by atoms with Crippen LogP contribution in [-0.2, 0) is 10.0 Å². The van der Waals surface area contributed by atoms with Crippen molar-refractivity contribution in [1.29, 1.82) is 0 Å². The Hall–Kier alpha value is -1.76. The van der Waals surface area contributed by atoms with Crippen molar-refractivity contribution >= 4 is 27.3 Å². The number of halogens is 1. The molecular formula is C18H21ClN2O3S. The van der Waals surface area contributed by atoms with Gasteiger partial charge in [-0.25, -0.2) is 8.42 Å². The summed E-state index contributed by atoms with van der Waals surface area (Å²) in [5.41, 5.74) is 1.07. The molecule has 2 aromatic rings. The molecule has 0 aliphatic carbocycles. The summed E-state index contributed by atoms with van der Waals surface area (Å²) < 4.78 is 32.4. The molecule has 1 aliphatic heterocycles. The molecule has 0 N–H and O–H groups in total. The third kappa shape index (κ3) is 4.08. The van der Waals surface area contributed by atoms with Crippen LogP contribution in [0.5, 0.6) is 5.75 Å². The van der Waals surface area contributed by atoms with Crippen LogP contribution < -0.4 is 9.64 Å². The van der Waals surface area contributed by atoms with Gasteiger partial charge >= 0.3 is 0 Å². The van der Waals surface area contributed by atoms with E-state index in [1.165, 1.54) is 10.4 Å². The monoisotopic (exact) mass is 380 g/mol. The van der Waals surface area contributed by atoms with Crippen LogP contribution >= 0.6 is 11.6 Å². The van der Waals surface area contributed by atoms with E-state index in [2.05, 4.69) is 4.90 Å². The Morgan fingerprint density at radius 2 is 1.72 bits per heavy atom. The molecule has 0 unspecified atom stereocenters. The fourth-order valence-electron chi connectivity index (χ4n) is 2.88. The standard InChI is InChI=1S/C18H21ClN2O3S/c1-2-24-17-8-6-16(7-9-17)20-10-12-21(13-11-20)25(22,23)18-5-3-4-15(19)14-18/h3-9,14H,2,10-13H2,1H3. The van der Waals surface area contributed by atoms with Gasteiger partial charge in [-0.3, -0.25) is 0 Å². The van der Waals surface area contributed by atoms with Crippen molar-refractivity contribution in [3.63, 3.8) is 0 Å². The molecule has 1 saturated heterocycles. The number of piperazine rings is 1. The first-order valence-electron chi connectivity index (χ1n) is 8.24. The molecule has 5 nitrogen and oxygen atoms in total. The van der Waals surface area contributed by atoms with Crippen LogP contribution in [0.3, 0.4) is 0 Å². The first-order valence-corrected chi connectivity index (χ1v) is 10.1. The van der Waals surface area contributed by atoms with E-state index in [0.717, 1.165) is 11.4 Å². The summed E-state index contributed by atoms with van der Waals surface area (Å²) in [5, 5.41) is 0.425. The average molecular weight is 381 g/mol. The number of anilines is 1. The molecule has 134 valence electrons. The van der Waals surface area contributed by atoms with Crippen molar-refractivity contribution < 1.29 is 13.2 Å². The zero-order valence-electron chi connectivity index (χ0n) is 14.1. The first-order chi connectivity index (χ1) is 12.0. The Morgan fingerprint density at radius 3 is 2.32 bits per heavy atom. The Balaban J connectivity index is 1.67. The fourth-order valence-corrected chi connectivity index (χ4v) is 4.61. The Bertz CT molecular complexity index is 816. The van der Waals surface area contributed by atoms with Gasteiger partial charge in [0.05, 0.1) is 11.5 Å². The number of hydrogen-bond acceptors (Lipinski definition) is 4. The SMILES string of the molecule is CCOc1ccc(N2CCN(S(=O)(=O)c3cccc(Cl)c3)CC2)cc1. The van der Waals surface area contributed by atoms with E-state index in [9.17, 15) is 8.42 Å². The van der Waals surface area contributed by atoms with Gasteiger partial charge in [0.1, 0.15) is 5.75 Å². The van der Waals surface area contributed by atoms with Crippen LogP contribution in [-0.4, -0.2) is 45.5 Å².